The second kappa shape index (κ2) is 7.91. The first-order valence-corrected chi connectivity index (χ1v) is 7.27. The van der Waals surface area contributed by atoms with Crippen LogP contribution in [0.1, 0.15) is 12.5 Å². The van der Waals surface area contributed by atoms with Crippen molar-refractivity contribution >= 4 is 23.6 Å². The van der Waals surface area contributed by atoms with Crippen LogP contribution in [0.15, 0.2) is 47.5 Å². The van der Waals surface area contributed by atoms with Gasteiger partial charge in [0.25, 0.3) is 5.69 Å². The summed E-state index contributed by atoms with van der Waals surface area (Å²) >= 11 is 0. The highest BCUT2D eigenvalue weighted by Crippen LogP contribution is 2.31. The molecule has 0 spiro atoms. The van der Waals surface area contributed by atoms with Crippen molar-refractivity contribution in [2.24, 2.45) is 4.99 Å². The third kappa shape index (κ3) is 4.54. The summed E-state index contributed by atoms with van der Waals surface area (Å²) in [6, 6.07) is 10.8. The molecule has 2 rings (SSSR count). The van der Waals surface area contributed by atoms with Gasteiger partial charge in [-0.15, -0.1) is 0 Å². The third-order valence-electron chi connectivity index (χ3n) is 3.28. The van der Waals surface area contributed by atoms with Gasteiger partial charge >= 0.3 is 5.97 Å². The summed E-state index contributed by atoms with van der Waals surface area (Å²) in [6.45, 7) is 1.41. The van der Waals surface area contributed by atoms with Crippen LogP contribution in [0.5, 0.6) is 11.5 Å². The number of non-ortho nitro benzene ring substituents is 1. The lowest BCUT2D eigenvalue weighted by molar-refractivity contribution is -0.384. The second-order valence-corrected chi connectivity index (χ2v) is 5.01. The molecule has 0 fully saturated rings. The van der Waals surface area contributed by atoms with Crippen LogP contribution in [0.3, 0.4) is 0 Å². The normalized spacial score (nSPS) is 11.9. The molecule has 0 bridgehead atoms. The standard InChI is InChI=1S/C17H16N2O6/c1-11(17(20)21)25-16-12(4-3-5-15(16)24-2)10-18-13-6-8-14(9-7-13)19(22)23/h3-11H,1-2H3,(H,20,21)/t11-/m1/s1. The van der Waals surface area contributed by atoms with Gasteiger partial charge in [0.2, 0.25) is 0 Å². The van der Waals surface area contributed by atoms with Crippen molar-refractivity contribution in [1.82, 2.24) is 0 Å². The fourth-order valence-corrected chi connectivity index (χ4v) is 1.95. The van der Waals surface area contributed by atoms with Crippen LogP contribution in [0, 0.1) is 10.1 Å². The maximum Gasteiger partial charge on any atom is 0.344 e. The van der Waals surface area contributed by atoms with Crippen molar-refractivity contribution in [2.75, 3.05) is 7.11 Å². The molecule has 130 valence electrons. The van der Waals surface area contributed by atoms with E-state index in [9.17, 15) is 14.9 Å². The molecule has 0 aromatic heterocycles. The number of carboxylic acids is 1. The molecule has 0 saturated carbocycles. The SMILES string of the molecule is COc1cccc(C=Nc2ccc([N+](=O)[O-])cc2)c1O[C@H](C)C(=O)O. The highest BCUT2D eigenvalue weighted by Gasteiger charge is 2.17. The average Bonchev–Trinajstić information content (AvgIpc) is 2.60. The lowest BCUT2D eigenvalue weighted by Crippen LogP contribution is -2.23. The monoisotopic (exact) mass is 344 g/mol. The Morgan fingerprint density at radius 3 is 2.52 bits per heavy atom. The summed E-state index contributed by atoms with van der Waals surface area (Å²) in [4.78, 5) is 25.4. The number of hydrogen-bond donors (Lipinski definition) is 1. The maximum atomic E-state index is 11.0. The Morgan fingerprint density at radius 2 is 1.96 bits per heavy atom. The summed E-state index contributed by atoms with van der Waals surface area (Å²) in [5.41, 5.74) is 0.996. The Labute approximate surface area is 143 Å². The zero-order valence-electron chi connectivity index (χ0n) is 13.6. The number of nitro benzene ring substituents is 1. The van der Waals surface area contributed by atoms with Crippen molar-refractivity contribution in [3.05, 3.63) is 58.1 Å². The van der Waals surface area contributed by atoms with Crippen LogP contribution in [-0.4, -0.2) is 35.4 Å². The molecule has 1 atom stereocenters. The lowest BCUT2D eigenvalue weighted by Gasteiger charge is -2.15. The first-order valence-electron chi connectivity index (χ1n) is 7.27. The number of benzene rings is 2. The minimum atomic E-state index is -1.11. The molecule has 0 aliphatic heterocycles. The predicted octanol–water partition coefficient (Wildman–Crippen LogP) is 3.21. The Balaban J connectivity index is 2.31. The number of carboxylic acid groups (broad SMARTS) is 1. The minimum absolute atomic E-state index is 0.0281. The number of methoxy groups -OCH3 is 1. The summed E-state index contributed by atoms with van der Waals surface area (Å²) in [5.74, 6) is -0.476. The Hall–Kier alpha value is -3.42. The molecule has 0 radical (unpaired) electrons. The van der Waals surface area contributed by atoms with E-state index in [0.717, 1.165) is 0 Å². The average molecular weight is 344 g/mol. The van der Waals surface area contributed by atoms with E-state index in [0.29, 0.717) is 17.0 Å². The van der Waals surface area contributed by atoms with Gasteiger partial charge in [0.05, 0.1) is 17.7 Å². The highest BCUT2D eigenvalue weighted by atomic mass is 16.6. The predicted molar refractivity (Wildman–Crippen MR) is 91.1 cm³/mol. The quantitative estimate of drug-likeness (QED) is 0.469. The third-order valence-corrected chi connectivity index (χ3v) is 3.28. The molecule has 0 saturated heterocycles. The first kappa shape index (κ1) is 17.9. The van der Waals surface area contributed by atoms with Gasteiger partial charge in [-0.25, -0.2) is 4.79 Å². The molecule has 8 heteroatoms. The van der Waals surface area contributed by atoms with E-state index in [2.05, 4.69) is 4.99 Å². The Kier molecular flexibility index (Phi) is 5.67. The van der Waals surface area contributed by atoms with Gasteiger partial charge in [-0.05, 0) is 31.2 Å². The van der Waals surface area contributed by atoms with Crippen LogP contribution in [0.4, 0.5) is 11.4 Å². The summed E-state index contributed by atoms with van der Waals surface area (Å²) in [6.07, 6.45) is 0.413. The molecule has 2 aromatic rings. The molecule has 0 heterocycles. The zero-order valence-corrected chi connectivity index (χ0v) is 13.6. The number of ether oxygens (including phenoxy) is 2. The zero-order chi connectivity index (χ0) is 18.4. The molecule has 25 heavy (non-hydrogen) atoms. The van der Waals surface area contributed by atoms with E-state index in [1.165, 1.54) is 44.5 Å². The fraction of sp³-hybridized carbons (Fsp3) is 0.176. The van der Waals surface area contributed by atoms with Crippen molar-refractivity contribution < 1.29 is 24.3 Å². The number of nitro groups is 1. The number of para-hydroxylation sites is 1. The molecule has 0 aliphatic rings. The molecular formula is C17H16N2O6. The highest BCUT2D eigenvalue weighted by molar-refractivity contribution is 5.87. The number of carbonyl (C=O) groups is 1. The van der Waals surface area contributed by atoms with Gasteiger partial charge in [0, 0.05) is 23.9 Å². The van der Waals surface area contributed by atoms with Crippen LogP contribution in [-0.2, 0) is 4.79 Å². The van der Waals surface area contributed by atoms with Gasteiger partial charge in [-0.1, -0.05) is 6.07 Å². The van der Waals surface area contributed by atoms with Gasteiger partial charge in [-0.3, -0.25) is 15.1 Å². The maximum absolute atomic E-state index is 11.0. The topological polar surface area (TPSA) is 111 Å². The van der Waals surface area contributed by atoms with Gasteiger partial charge in [0.15, 0.2) is 17.6 Å². The van der Waals surface area contributed by atoms with Crippen LogP contribution in [0.25, 0.3) is 0 Å². The second-order valence-electron chi connectivity index (χ2n) is 5.01. The molecule has 0 aliphatic carbocycles. The van der Waals surface area contributed by atoms with E-state index >= 15 is 0 Å². The van der Waals surface area contributed by atoms with Gasteiger partial charge in [0.1, 0.15) is 0 Å². The Bertz CT molecular complexity index is 801. The molecule has 2 aromatic carbocycles. The summed E-state index contributed by atoms with van der Waals surface area (Å²) < 4.78 is 10.7. The summed E-state index contributed by atoms with van der Waals surface area (Å²) in [7, 11) is 1.45. The largest absolute Gasteiger partial charge is 0.493 e. The molecular weight excluding hydrogens is 328 g/mol. The van der Waals surface area contributed by atoms with Crippen molar-refractivity contribution in [2.45, 2.75) is 13.0 Å². The number of aliphatic imine (C=N–C) groups is 1. The van der Waals surface area contributed by atoms with E-state index in [1.54, 1.807) is 18.2 Å². The van der Waals surface area contributed by atoms with Crippen LogP contribution in [0.2, 0.25) is 0 Å². The minimum Gasteiger partial charge on any atom is -0.493 e. The van der Waals surface area contributed by atoms with E-state index in [1.807, 2.05) is 0 Å². The van der Waals surface area contributed by atoms with E-state index < -0.39 is 17.0 Å². The van der Waals surface area contributed by atoms with Crippen LogP contribution >= 0.6 is 0 Å². The van der Waals surface area contributed by atoms with E-state index in [4.69, 9.17) is 14.6 Å². The number of aliphatic carboxylic acids is 1. The number of rotatable bonds is 7. The molecule has 0 unspecified atom stereocenters. The number of nitrogens with zero attached hydrogens (tertiary/aromatic N) is 2. The summed E-state index contributed by atoms with van der Waals surface area (Å²) in [5, 5.41) is 19.7. The number of hydrogen-bond acceptors (Lipinski definition) is 6. The Morgan fingerprint density at radius 1 is 1.28 bits per heavy atom. The molecule has 8 nitrogen and oxygen atoms in total. The van der Waals surface area contributed by atoms with Crippen molar-refractivity contribution in [3.8, 4) is 11.5 Å². The fourth-order valence-electron chi connectivity index (χ4n) is 1.95. The van der Waals surface area contributed by atoms with Gasteiger partial charge in [-0.2, -0.15) is 0 Å². The first-order chi connectivity index (χ1) is 11.9. The van der Waals surface area contributed by atoms with E-state index in [-0.39, 0.29) is 11.4 Å². The lowest BCUT2D eigenvalue weighted by atomic mass is 10.2. The smallest absolute Gasteiger partial charge is 0.344 e. The van der Waals surface area contributed by atoms with Crippen molar-refractivity contribution in [3.63, 3.8) is 0 Å². The van der Waals surface area contributed by atoms with Crippen molar-refractivity contribution in [1.29, 1.82) is 0 Å². The van der Waals surface area contributed by atoms with Gasteiger partial charge < -0.3 is 14.6 Å². The molecule has 0 amide bonds. The molecule has 1 N–H and O–H groups in total. The van der Waals surface area contributed by atoms with Crippen LogP contribution < -0.4 is 9.47 Å².